The number of halogens is 1. The molecular formula is C16H32IN3O2S. The molecule has 23 heavy (non-hydrogen) atoms. The highest BCUT2D eigenvalue weighted by Crippen LogP contribution is 2.27. The Kier molecular flexibility index (Phi) is 8.10. The molecule has 0 aromatic carbocycles. The van der Waals surface area contributed by atoms with E-state index >= 15 is 0 Å². The molecule has 7 heteroatoms. The van der Waals surface area contributed by atoms with Crippen molar-refractivity contribution in [3.05, 3.63) is 0 Å². The molecule has 2 rings (SSSR count). The van der Waals surface area contributed by atoms with Crippen LogP contribution in [0.4, 0.5) is 0 Å². The Hall–Kier alpha value is -0.0500. The van der Waals surface area contributed by atoms with Crippen LogP contribution in [0.5, 0.6) is 0 Å². The van der Waals surface area contributed by atoms with Crippen LogP contribution in [-0.2, 0) is 9.84 Å². The number of aliphatic imine (C=N–C) groups is 1. The van der Waals surface area contributed by atoms with Gasteiger partial charge in [0.15, 0.2) is 15.8 Å². The molecule has 1 saturated carbocycles. The maximum atomic E-state index is 12.1. The van der Waals surface area contributed by atoms with E-state index in [1.165, 1.54) is 25.7 Å². The number of sulfone groups is 1. The van der Waals surface area contributed by atoms with E-state index in [2.05, 4.69) is 17.1 Å². The van der Waals surface area contributed by atoms with Gasteiger partial charge in [0.05, 0.1) is 10.5 Å². The molecule has 2 fully saturated rings. The van der Waals surface area contributed by atoms with Crippen molar-refractivity contribution in [1.82, 2.24) is 10.2 Å². The predicted octanol–water partition coefficient (Wildman–Crippen LogP) is 2.66. The molecule has 0 spiro atoms. The van der Waals surface area contributed by atoms with Crippen molar-refractivity contribution in [3.63, 3.8) is 0 Å². The summed E-state index contributed by atoms with van der Waals surface area (Å²) in [6, 6.07) is 0. The summed E-state index contributed by atoms with van der Waals surface area (Å²) in [7, 11) is -3.00. The Morgan fingerprint density at radius 3 is 2.52 bits per heavy atom. The van der Waals surface area contributed by atoms with Gasteiger partial charge in [0.2, 0.25) is 0 Å². The van der Waals surface area contributed by atoms with E-state index in [0.29, 0.717) is 13.1 Å². The molecule has 0 aromatic heterocycles. The van der Waals surface area contributed by atoms with E-state index in [9.17, 15) is 8.42 Å². The molecule has 1 heterocycles. The molecule has 5 nitrogen and oxygen atoms in total. The molecule has 0 unspecified atom stereocenters. The van der Waals surface area contributed by atoms with Crippen LogP contribution < -0.4 is 5.32 Å². The molecule has 0 atom stereocenters. The van der Waals surface area contributed by atoms with E-state index in [-0.39, 0.29) is 29.7 Å². The number of guanidine groups is 1. The zero-order valence-electron chi connectivity index (χ0n) is 14.7. The minimum absolute atomic E-state index is 0. The topological polar surface area (TPSA) is 61.8 Å². The summed E-state index contributed by atoms with van der Waals surface area (Å²) in [5, 5.41) is 3.32. The Bertz CT molecular complexity index is 499. The van der Waals surface area contributed by atoms with Gasteiger partial charge in [-0.05, 0) is 33.1 Å². The van der Waals surface area contributed by atoms with Gasteiger partial charge in [0.25, 0.3) is 0 Å². The third-order valence-electron chi connectivity index (χ3n) is 4.95. The van der Waals surface area contributed by atoms with Gasteiger partial charge >= 0.3 is 0 Å². The Labute approximate surface area is 158 Å². The summed E-state index contributed by atoms with van der Waals surface area (Å²) in [4.78, 5) is 6.86. The first-order valence-corrected chi connectivity index (χ1v) is 10.3. The second kappa shape index (κ2) is 8.87. The number of rotatable bonds is 4. The zero-order chi connectivity index (χ0) is 16.2. The van der Waals surface area contributed by atoms with Gasteiger partial charge in [0.1, 0.15) is 0 Å². The zero-order valence-corrected chi connectivity index (χ0v) is 17.8. The molecule has 0 radical (unpaired) electrons. The highest BCUT2D eigenvalue weighted by atomic mass is 127. The fourth-order valence-corrected chi connectivity index (χ4v) is 4.77. The maximum absolute atomic E-state index is 12.1. The first kappa shape index (κ1) is 21.0. The fraction of sp³-hybridized carbons (Fsp3) is 0.938. The summed E-state index contributed by atoms with van der Waals surface area (Å²) in [5.41, 5.74) is 0. The molecule has 2 aliphatic rings. The summed E-state index contributed by atoms with van der Waals surface area (Å²) in [6.07, 6.45) is 6.59. The van der Waals surface area contributed by atoms with Crippen LogP contribution in [0.2, 0.25) is 0 Å². The summed E-state index contributed by atoms with van der Waals surface area (Å²) in [6.45, 7) is 8.40. The molecule has 1 saturated heterocycles. The predicted molar refractivity (Wildman–Crippen MR) is 107 cm³/mol. The van der Waals surface area contributed by atoms with Crippen molar-refractivity contribution in [2.24, 2.45) is 10.9 Å². The number of nitrogens with one attached hydrogen (secondary N) is 1. The van der Waals surface area contributed by atoms with Crippen LogP contribution in [0.3, 0.4) is 0 Å². The van der Waals surface area contributed by atoms with Crippen molar-refractivity contribution < 1.29 is 8.42 Å². The fourth-order valence-electron chi connectivity index (χ4n) is 3.40. The van der Waals surface area contributed by atoms with Crippen molar-refractivity contribution >= 4 is 39.8 Å². The standard InChI is InChI=1S/C16H31N3O2S.HI/c1-4-17-15(18-10-9-14-7-5-6-8-14)19-11-12-22(20,21)16(2,3)13-19;/h14H,4-13H2,1-3H3,(H,17,18);1H. The number of hydrogen-bond acceptors (Lipinski definition) is 3. The van der Waals surface area contributed by atoms with Gasteiger partial charge in [-0.15, -0.1) is 24.0 Å². The highest BCUT2D eigenvalue weighted by molar-refractivity contribution is 14.0. The van der Waals surface area contributed by atoms with Crippen molar-refractivity contribution in [1.29, 1.82) is 0 Å². The van der Waals surface area contributed by atoms with Gasteiger partial charge in [0, 0.05) is 26.2 Å². The van der Waals surface area contributed by atoms with E-state index < -0.39 is 14.6 Å². The first-order valence-electron chi connectivity index (χ1n) is 8.61. The normalized spacial score (nSPS) is 24.3. The molecular weight excluding hydrogens is 425 g/mol. The lowest BCUT2D eigenvalue weighted by Gasteiger charge is -2.39. The maximum Gasteiger partial charge on any atom is 0.193 e. The van der Waals surface area contributed by atoms with E-state index in [1.54, 1.807) is 0 Å². The lowest BCUT2D eigenvalue weighted by Crippen LogP contribution is -2.57. The quantitative estimate of drug-likeness (QED) is 0.401. The molecule has 1 aliphatic carbocycles. The largest absolute Gasteiger partial charge is 0.357 e. The average Bonchev–Trinajstić information content (AvgIpc) is 2.94. The number of nitrogens with zero attached hydrogens (tertiary/aromatic N) is 2. The van der Waals surface area contributed by atoms with Crippen LogP contribution in [0, 0.1) is 5.92 Å². The van der Waals surface area contributed by atoms with Crippen LogP contribution in [0.25, 0.3) is 0 Å². The van der Waals surface area contributed by atoms with Crippen molar-refractivity contribution in [2.75, 3.05) is 31.9 Å². The van der Waals surface area contributed by atoms with Gasteiger partial charge in [-0.1, -0.05) is 25.7 Å². The van der Waals surface area contributed by atoms with Crippen LogP contribution in [0.15, 0.2) is 4.99 Å². The molecule has 136 valence electrons. The minimum Gasteiger partial charge on any atom is -0.357 e. The Morgan fingerprint density at radius 2 is 1.96 bits per heavy atom. The van der Waals surface area contributed by atoms with E-state index in [4.69, 9.17) is 4.99 Å². The van der Waals surface area contributed by atoms with Crippen molar-refractivity contribution in [3.8, 4) is 0 Å². The lowest BCUT2D eigenvalue weighted by molar-refractivity contribution is 0.352. The highest BCUT2D eigenvalue weighted by Gasteiger charge is 2.40. The summed E-state index contributed by atoms with van der Waals surface area (Å²) in [5.74, 6) is 1.93. The minimum atomic E-state index is -3.00. The van der Waals surface area contributed by atoms with Gasteiger partial charge in [-0.25, -0.2) is 8.42 Å². The second-order valence-corrected chi connectivity index (χ2v) is 9.92. The molecule has 1 N–H and O–H groups in total. The van der Waals surface area contributed by atoms with Gasteiger partial charge in [-0.3, -0.25) is 4.99 Å². The molecule has 0 amide bonds. The summed E-state index contributed by atoms with van der Waals surface area (Å²) >= 11 is 0. The van der Waals surface area contributed by atoms with E-state index in [0.717, 1.165) is 31.4 Å². The molecule has 0 bridgehead atoms. The summed E-state index contributed by atoms with van der Waals surface area (Å²) < 4.78 is 23.6. The monoisotopic (exact) mass is 457 g/mol. The average molecular weight is 457 g/mol. The molecule has 1 aliphatic heterocycles. The third kappa shape index (κ3) is 5.47. The second-order valence-electron chi connectivity index (χ2n) is 7.17. The Morgan fingerprint density at radius 1 is 1.30 bits per heavy atom. The number of hydrogen-bond donors (Lipinski definition) is 1. The smallest absolute Gasteiger partial charge is 0.193 e. The first-order chi connectivity index (χ1) is 10.4. The molecule has 0 aromatic rings. The van der Waals surface area contributed by atoms with Crippen LogP contribution >= 0.6 is 24.0 Å². The van der Waals surface area contributed by atoms with Crippen LogP contribution in [0.1, 0.15) is 52.9 Å². The van der Waals surface area contributed by atoms with Gasteiger partial charge in [-0.2, -0.15) is 0 Å². The third-order valence-corrected chi connectivity index (χ3v) is 7.48. The van der Waals surface area contributed by atoms with Crippen molar-refractivity contribution in [2.45, 2.75) is 57.6 Å². The van der Waals surface area contributed by atoms with Gasteiger partial charge < -0.3 is 10.2 Å². The lowest BCUT2D eigenvalue weighted by atomic mass is 10.0. The van der Waals surface area contributed by atoms with Crippen LogP contribution in [-0.4, -0.2) is 56.0 Å². The van der Waals surface area contributed by atoms with E-state index in [1.807, 2.05) is 13.8 Å². The Balaban J connectivity index is 0.00000264. The SMILES string of the molecule is CCNC(=NCCC1CCCC1)N1CCS(=O)(=O)C(C)(C)C1.I.